The van der Waals surface area contributed by atoms with Gasteiger partial charge in [0.15, 0.2) is 17.7 Å². The smallest absolute Gasteiger partial charge is 0.167 e. The fourth-order valence-corrected chi connectivity index (χ4v) is 3.28. The van der Waals surface area contributed by atoms with Crippen LogP contribution >= 0.6 is 0 Å². The Hall–Kier alpha value is -1.89. The number of ether oxygens (including phenoxy) is 1. The van der Waals surface area contributed by atoms with Crippen LogP contribution in [0.4, 0.5) is 5.82 Å². The highest BCUT2D eigenvalue weighted by Crippen LogP contribution is 2.31. The average Bonchev–Trinajstić information content (AvgIpc) is 3.24. The van der Waals surface area contributed by atoms with Crippen LogP contribution in [0.25, 0.3) is 11.2 Å². The van der Waals surface area contributed by atoms with Crippen molar-refractivity contribution in [3.63, 3.8) is 0 Å². The first-order chi connectivity index (χ1) is 13.6. The van der Waals surface area contributed by atoms with Crippen LogP contribution in [0.1, 0.15) is 25.5 Å². The highest BCUT2D eigenvalue weighted by Gasteiger charge is 2.44. The van der Waals surface area contributed by atoms with E-state index in [4.69, 9.17) is 16.2 Å². The molecule has 3 heterocycles. The summed E-state index contributed by atoms with van der Waals surface area (Å²) in [5.41, 5.74) is 12.1. The predicted octanol–water partition coefficient (Wildman–Crippen LogP) is -1.66. The fourth-order valence-electron chi connectivity index (χ4n) is 3.28. The molecule has 3 rings (SSSR count). The van der Waals surface area contributed by atoms with Crippen LogP contribution < -0.4 is 22.1 Å². The first-order valence-corrected chi connectivity index (χ1v) is 9.69. The molecule has 11 heteroatoms. The van der Waals surface area contributed by atoms with Crippen LogP contribution in [0.3, 0.4) is 0 Å². The molecule has 0 amide bonds. The molecule has 28 heavy (non-hydrogen) atoms. The van der Waals surface area contributed by atoms with Crippen LogP contribution in [0, 0.1) is 0 Å². The third kappa shape index (κ3) is 4.74. The third-order valence-corrected chi connectivity index (χ3v) is 4.86. The molecule has 1 fully saturated rings. The highest BCUT2D eigenvalue weighted by atomic mass is 16.6. The van der Waals surface area contributed by atoms with Crippen LogP contribution in [0.15, 0.2) is 12.7 Å². The number of unbranched alkanes of at least 4 members (excludes halogenated alkanes) is 1. The number of hydrogen-bond donors (Lipinski definition) is 6. The summed E-state index contributed by atoms with van der Waals surface area (Å²) in [6, 6.07) is 0. The van der Waals surface area contributed by atoms with E-state index in [1.54, 1.807) is 4.57 Å². The molecule has 8 N–H and O–H groups in total. The predicted molar refractivity (Wildman–Crippen MR) is 104 cm³/mol. The molecular weight excluding hydrogens is 364 g/mol. The van der Waals surface area contributed by atoms with Crippen LogP contribution in [0.5, 0.6) is 0 Å². The monoisotopic (exact) mass is 394 g/mol. The van der Waals surface area contributed by atoms with Gasteiger partial charge in [-0.15, -0.1) is 0 Å². The average molecular weight is 394 g/mol. The quantitative estimate of drug-likeness (QED) is 0.242. The molecule has 0 unspecified atom stereocenters. The van der Waals surface area contributed by atoms with Gasteiger partial charge in [-0.05, 0) is 45.4 Å². The van der Waals surface area contributed by atoms with Crippen LogP contribution in [-0.2, 0) is 4.74 Å². The lowest BCUT2D eigenvalue weighted by molar-refractivity contribution is -0.0341. The minimum absolute atomic E-state index is 0.257. The van der Waals surface area contributed by atoms with Gasteiger partial charge in [-0.25, -0.2) is 15.0 Å². The van der Waals surface area contributed by atoms with E-state index in [9.17, 15) is 10.2 Å². The maximum absolute atomic E-state index is 10.4. The van der Waals surface area contributed by atoms with Crippen molar-refractivity contribution in [1.29, 1.82) is 0 Å². The van der Waals surface area contributed by atoms with Crippen molar-refractivity contribution < 1.29 is 14.9 Å². The second-order valence-corrected chi connectivity index (χ2v) is 6.93. The summed E-state index contributed by atoms with van der Waals surface area (Å²) in [6.45, 7) is 3.87. The Morgan fingerprint density at radius 3 is 2.57 bits per heavy atom. The lowest BCUT2D eigenvalue weighted by Crippen LogP contribution is -2.38. The van der Waals surface area contributed by atoms with Crippen LogP contribution in [0.2, 0.25) is 0 Å². The first kappa shape index (κ1) is 20.8. The number of fused-ring (bicyclic) bond motifs is 1. The molecule has 0 spiro atoms. The van der Waals surface area contributed by atoms with E-state index in [0.717, 1.165) is 38.9 Å². The SMILES string of the molecule is NCCCNCCCCNC[C@H]1O[C@@H](n2cnc3c(N)ncnc32)[C@H](O)[C@@H]1O. The Labute approximate surface area is 163 Å². The number of nitrogens with two attached hydrogens (primary N) is 2. The summed E-state index contributed by atoms with van der Waals surface area (Å²) in [4.78, 5) is 12.2. The van der Waals surface area contributed by atoms with E-state index in [-0.39, 0.29) is 5.82 Å². The van der Waals surface area contributed by atoms with E-state index in [2.05, 4.69) is 25.6 Å². The number of nitrogens with zero attached hydrogens (tertiary/aromatic N) is 4. The van der Waals surface area contributed by atoms with Crippen molar-refractivity contribution in [3.05, 3.63) is 12.7 Å². The van der Waals surface area contributed by atoms with Gasteiger partial charge in [0.2, 0.25) is 0 Å². The maximum Gasteiger partial charge on any atom is 0.167 e. The molecule has 156 valence electrons. The molecule has 4 atom stereocenters. The van der Waals surface area contributed by atoms with Gasteiger partial charge in [-0.3, -0.25) is 4.57 Å². The molecule has 11 nitrogen and oxygen atoms in total. The molecule has 1 aliphatic heterocycles. The summed E-state index contributed by atoms with van der Waals surface area (Å²) >= 11 is 0. The number of nitrogen functional groups attached to an aromatic ring is 1. The molecule has 1 aliphatic rings. The van der Waals surface area contributed by atoms with Gasteiger partial charge in [-0.1, -0.05) is 0 Å². The minimum Gasteiger partial charge on any atom is -0.387 e. The molecule has 2 aromatic heterocycles. The number of anilines is 1. The van der Waals surface area contributed by atoms with E-state index in [1.165, 1.54) is 12.7 Å². The van der Waals surface area contributed by atoms with Crippen molar-refractivity contribution in [2.45, 2.75) is 43.8 Å². The van der Waals surface area contributed by atoms with Crippen LogP contribution in [-0.4, -0.2) is 80.8 Å². The molecule has 0 radical (unpaired) electrons. The maximum atomic E-state index is 10.4. The molecule has 1 saturated heterocycles. The zero-order chi connectivity index (χ0) is 19.9. The molecular formula is C17H30N8O3. The highest BCUT2D eigenvalue weighted by molar-refractivity contribution is 5.81. The van der Waals surface area contributed by atoms with Gasteiger partial charge >= 0.3 is 0 Å². The molecule has 0 saturated carbocycles. The Bertz CT molecular complexity index is 742. The van der Waals surface area contributed by atoms with Gasteiger partial charge < -0.3 is 37.1 Å². The van der Waals surface area contributed by atoms with Gasteiger partial charge in [0.1, 0.15) is 30.2 Å². The normalized spacial score (nSPS) is 25.0. The second kappa shape index (κ2) is 10.0. The largest absolute Gasteiger partial charge is 0.387 e. The Kier molecular flexibility index (Phi) is 7.48. The third-order valence-electron chi connectivity index (χ3n) is 4.86. The minimum atomic E-state index is -1.09. The van der Waals surface area contributed by atoms with Crippen molar-refractivity contribution in [3.8, 4) is 0 Å². The standard InChI is InChI=1S/C17H30N8O3/c18-4-3-7-20-5-1-2-6-21-8-11-13(26)14(27)17(28-11)25-10-24-12-15(19)22-9-23-16(12)25/h9-11,13-14,17,20-21,26-27H,1-8,18H2,(H2,19,22,23)/t11-,13-,14-,17-/m1/s1. The van der Waals surface area contributed by atoms with Crippen molar-refractivity contribution >= 4 is 17.0 Å². The van der Waals surface area contributed by atoms with Gasteiger partial charge in [0, 0.05) is 6.54 Å². The first-order valence-electron chi connectivity index (χ1n) is 9.69. The zero-order valence-corrected chi connectivity index (χ0v) is 15.9. The summed E-state index contributed by atoms with van der Waals surface area (Å²) in [5, 5.41) is 27.4. The molecule has 0 bridgehead atoms. The Morgan fingerprint density at radius 1 is 1.04 bits per heavy atom. The number of aliphatic hydroxyl groups is 2. The Morgan fingerprint density at radius 2 is 1.79 bits per heavy atom. The number of imidazole rings is 1. The Balaban J connectivity index is 1.46. The summed E-state index contributed by atoms with van der Waals surface area (Å²) < 4.78 is 7.46. The summed E-state index contributed by atoms with van der Waals surface area (Å²) in [6.07, 6.45) is 2.46. The van der Waals surface area contributed by atoms with Gasteiger partial charge in [-0.2, -0.15) is 0 Å². The second-order valence-electron chi connectivity index (χ2n) is 6.93. The lowest BCUT2D eigenvalue weighted by atomic mass is 10.1. The van der Waals surface area contributed by atoms with E-state index >= 15 is 0 Å². The summed E-state index contributed by atoms with van der Waals surface area (Å²) in [5.74, 6) is 0.257. The van der Waals surface area contributed by atoms with E-state index in [1.807, 2.05) is 0 Å². The zero-order valence-electron chi connectivity index (χ0n) is 15.9. The van der Waals surface area contributed by atoms with Gasteiger partial charge in [0.05, 0.1) is 6.33 Å². The molecule has 0 aromatic carbocycles. The number of nitrogens with one attached hydrogen (secondary N) is 2. The number of rotatable bonds is 11. The van der Waals surface area contributed by atoms with Gasteiger partial charge in [0.25, 0.3) is 0 Å². The van der Waals surface area contributed by atoms with Crippen molar-refractivity contribution in [1.82, 2.24) is 30.2 Å². The van der Waals surface area contributed by atoms with E-state index in [0.29, 0.717) is 24.3 Å². The van der Waals surface area contributed by atoms with Crippen molar-refractivity contribution in [2.24, 2.45) is 5.73 Å². The lowest BCUT2D eigenvalue weighted by Gasteiger charge is -2.16. The fraction of sp³-hybridized carbons (Fsp3) is 0.706. The topological polar surface area (TPSA) is 169 Å². The van der Waals surface area contributed by atoms with E-state index < -0.39 is 24.5 Å². The number of aliphatic hydroxyl groups excluding tert-OH is 2. The number of aromatic nitrogens is 4. The van der Waals surface area contributed by atoms with Crippen molar-refractivity contribution in [2.75, 3.05) is 38.5 Å². The molecule has 2 aromatic rings. The number of hydrogen-bond acceptors (Lipinski definition) is 10. The summed E-state index contributed by atoms with van der Waals surface area (Å²) in [7, 11) is 0. The molecule has 0 aliphatic carbocycles.